The van der Waals surface area contributed by atoms with Crippen LogP contribution in [0.3, 0.4) is 0 Å². The molecule has 1 atom stereocenters. The maximum Gasteiger partial charge on any atom is 0.348 e. The van der Waals surface area contributed by atoms with Crippen molar-refractivity contribution in [1.29, 1.82) is 0 Å². The average molecular weight is 387 g/mol. The molecule has 0 N–H and O–H groups in total. The molecule has 0 aromatic heterocycles. The molecule has 0 heterocycles. The summed E-state index contributed by atoms with van der Waals surface area (Å²) in [4.78, 5) is 0. The zero-order valence-corrected chi connectivity index (χ0v) is 15.4. The molecule has 0 saturated carbocycles. The van der Waals surface area contributed by atoms with Gasteiger partial charge in [-0.05, 0) is 18.5 Å². The second-order valence-corrected chi connectivity index (χ2v) is 21.9. The molecule has 0 saturated heterocycles. The molecule has 1 rings (SSSR count). The molecule has 17 heavy (non-hydrogen) atoms. The van der Waals surface area contributed by atoms with Crippen molar-refractivity contribution < 1.29 is 0 Å². The first-order valence-electron chi connectivity index (χ1n) is 4.79. The second-order valence-electron chi connectivity index (χ2n) is 3.82. The minimum atomic E-state index is -2.96. The summed E-state index contributed by atoms with van der Waals surface area (Å²) in [6.45, 7) is 2.00. The van der Waals surface area contributed by atoms with Crippen LogP contribution >= 0.6 is 66.5 Å². The van der Waals surface area contributed by atoms with Gasteiger partial charge in [0.2, 0.25) is 0 Å². The lowest BCUT2D eigenvalue weighted by molar-refractivity contribution is 1.05. The Hall–Kier alpha value is 1.39. The van der Waals surface area contributed by atoms with Crippen LogP contribution in [-0.4, -0.2) is 12.0 Å². The smallest absolute Gasteiger partial charge is 0.126 e. The van der Waals surface area contributed by atoms with Gasteiger partial charge >= 0.3 is 12.0 Å². The number of aryl methyl sites for hydroxylation is 1. The molecule has 0 spiro atoms. The van der Waals surface area contributed by atoms with Gasteiger partial charge in [0.1, 0.15) is 0 Å². The van der Waals surface area contributed by atoms with Crippen molar-refractivity contribution in [3.63, 3.8) is 0 Å². The maximum absolute atomic E-state index is 6.10. The van der Waals surface area contributed by atoms with Gasteiger partial charge < -0.3 is 0 Å². The molecular weight excluding hydrogens is 377 g/mol. The van der Waals surface area contributed by atoms with Crippen LogP contribution in [0.5, 0.6) is 0 Å². The number of rotatable bonds is 4. The molecule has 0 fully saturated rings. The van der Waals surface area contributed by atoms with Crippen LogP contribution in [0.15, 0.2) is 24.3 Å². The molecular formula is C9H10Cl6Si2. The summed E-state index contributed by atoms with van der Waals surface area (Å²) in [5.74, 6) is 0. The van der Waals surface area contributed by atoms with E-state index in [1.165, 1.54) is 0 Å². The van der Waals surface area contributed by atoms with E-state index in [0.717, 1.165) is 11.1 Å². The maximum atomic E-state index is 6.10. The van der Waals surface area contributed by atoms with Crippen molar-refractivity contribution in [2.75, 3.05) is 0 Å². The Morgan fingerprint density at radius 3 is 1.76 bits per heavy atom. The number of hydrogen-bond donors (Lipinski definition) is 0. The van der Waals surface area contributed by atoms with Gasteiger partial charge in [-0.3, -0.25) is 0 Å². The third kappa shape index (κ3) is 5.92. The lowest BCUT2D eigenvalue weighted by Crippen LogP contribution is -2.28. The zero-order chi connectivity index (χ0) is 13.3. The Morgan fingerprint density at radius 1 is 0.941 bits per heavy atom. The molecule has 0 bridgehead atoms. The van der Waals surface area contributed by atoms with E-state index in [-0.39, 0.29) is 5.54 Å². The highest BCUT2D eigenvalue weighted by atomic mass is 35.8. The molecule has 96 valence electrons. The van der Waals surface area contributed by atoms with E-state index in [4.69, 9.17) is 66.5 Å². The molecule has 1 aromatic rings. The van der Waals surface area contributed by atoms with Crippen LogP contribution < -0.4 is 0 Å². The lowest BCUT2D eigenvalue weighted by Gasteiger charge is -2.25. The first kappa shape index (κ1) is 16.4. The number of halogens is 6. The average Bonchev–Trinajstić information content (AvgIpc) is 2.13. The van der Waals surface area contributed by atoms with Crippen LogP contribution in [0.2, 0.25) is 6.04 Å². The van der Waals surface area contributed by atoms with Crippen molar-refractivity contribution in [1.82, 2.24) is 0 Å². The lowest BCUT2D eigenvalue weighted by atomic mass is 10.1. The van der Waals surface area contributed by atoms with E-state index in [1.807, 2.05) is 31.2 Å². The van der Waals surface area contributed by atoms with Crippen LogP contribution in [-0.2, 0) is 0 Å². The Labute approximate surface area is 131 Å². The quantitative estimate of drug-likeness (QED) is 0.444. The fourth-order valence-electron chi connectivity index (χ4n) is 1.45. The van der Waals surface area contributed by atoms with Gasteiger partial charge in [0.05, 0.1) is 0 Å². The summed E-state index contributed by atoms with van der Waals surface area (Å²) in [7, 11) is 0. The van der Waals surface area contributed by atoms with Crippen molar-refractivity contribution >= 4 is 78.5 Å². The third-order valence-electron chi connectivity index (χ3n) is 2.31. The summed E-state index contributed by atoms with van der Waals surface area (Å²) < 4.78 is 0. The van der Waals surface area contributed by atoms with Gasteiger partial charge in [-0.25, -0.2) is 0 Å². The third-order valence-corrected chi connectivity index (χ3v) is 8.68. The Bertz CT molecular complexity index is 367. The van der Waals surface area contributed by atoms with E-state index < -0.39 is 12.0 Å². The topological polar surface area (TPSA) is 0 Å². The molecule has 0 aliphatic carbocycles. The molecule has 8 heteroatoms. The summed E-state index contributed by atoms with van der Waals surface area (Å²) in [6, 6.07) is 2.34. The Kier molecular flexibility index (Phi) is 6.03. The normalized spacial score (nSPS) is 14.8. The monoisotopic (exact) mass is 384 g/mol. The molecule has 1 aromatic carbocycles. The molecule has 1 unspecified atom stereocenters. The number of benzene rings is 1. The minimum absolute atomic E-state index is 0.271. The predicted molar refractivity (Wildman–Crippen MR) is 85.4 cm³/mol. The summed E-state index contributed by atoms with van der Waals surface area (Å²) in [5.41, 5.74) is 1.80. The van der Waals surface area contributed by atoms with Crippen LogP contribution in [0, 0.1) is 6.92 Å². The SMILES string of the molecule is Cc1ccc(C(C[Si](Cl)(Cl)Cl)[Si](Cl)(Cl)Cl)cc1. The van der Waals surface area contributed by atoms with Crippen LogP contribution in [0.1, 0.15) is 16.7 Å². The molecule has 0 nitrogen and oxygen atoms in total. The van der Waals surface area contributed by atoms with Crippen molar-refractivity contribution in [3.8, 4) is 0 Å². The van der Waals surface area contributed by atoms with Gasteiger partial charge in [-0.15, -0.1) is 66.5 Å². The van der Waals surface area contributed by atoms with E-state index in [2.05, 4.69) is 0 Å². The summed E-state index contributed by atoms with van der Waals surface area (Å²) >= 11 is 36.1. The van der Waals surface area contributed by atoms with Crippen LogP contribution in [0.4, 0.5) is 0 Å². The van der Waals surface area contributed by atoms with E-state index in [0.29, 0.717) is 6.04 Å². The first-order chi connectivity index (χ1) is 7.59. The van der Waals surface area contributed by atoms with E-state index in [1.54, 1.807) is 0 Å². The van der Waals surface area contributed by atoms with Gasteiger partial charge in [0.15, 0.2) is 0 Å². The minimum Gasteiger partial charge on any atom is -0.126 e. The van der Waals surface area contributed by atoms with Gasteiger partial charge in [-0.1, -0.05) is 29.8 Å². The molecule has 0 radical (unpaired) electrons. The summed E-state index contributed by atoms with van der Waals surface area (Å²) in [5, 5.41) is 0. The van der Waals surface area contributed by atoms with Gasteiger partial charge in [0.25, 0.3) is 0 Å². The summed E-state index contributed by atoms with van der Waals surface area (Å²) in [6.07, 6.45) is 0. The standard InChI is InChI=1S/C9H10Cl6Si2/c1-7-2-4-8(5-3-7)9(17(13,14)15)6-16(10,11)12/h2-5,9H,6H2,1H3. The fourth-order valence-corrected chi connectivity index (χ4v) is 10.3. The Morgan fingerprint density at radius 2 is 1.41 bits per heavy atom. The van der Waals surface area contributed by atoms with Gasteiger partial charge in [-0.2, -0.15) is 0 Å². The van der Waals surface area contributed by atoms with Crippen LogP contribution in [0.25, 0.3) is 0 Å². The highest BCUT2D eigenvalue weighted by Crippen LogP contribution is 2.44. The second kappa shape index (κ2) is 6.23. The van der Waals surface area contributed by atoms with E-state index >= 15 is 0 Å². The molecule has 0 aliphatic heterocycles. The predicted octanol–water partition coefficient (Wildman–Crippen LogP) is 5.93. The van der Waals surface area contributed by atoms with Gasteiger partial charge in [0, 0.05) is 5.54 Å². The van der Waals surface area contributed by atoms with Crippen molar-refractivity contribution in [2.45, 2.75) is 18.5 Å². The Balaban J connectivity index is 3.03. The highest BCUT2D eigenvalue weighted by molar-refractivity contribution is 7.67. The van der Waals surface area contributed by atoms with Crippen molar-refractivity contribution in [2.24, 2.45) is 0 Å². The van der Waals surface area contributed by atoms with E-state index in [9.17, 15) is 0 Å². The zero-order valence-electron chi connectivity index (χ0n) is 8.86. The molecule has 0 aliphatic rings. The molecule has 0 amide bonds. The first-order valence-corrected chi connectivity index (χ1v) is 15.2. The fraction of sp³-hybridized carbons (Fsp3) is 0.333. The number of hydrogen-bond acceptors (Lipinski definition) is 0. The largest absolute Gasteiger partial charge is 0.348 e. The van der Waals surface area contributed by atoms with Crippen molar-refractivity contribution in [3.05, 3.63) is 35.4 Å². The highest BCUT2D eigenvalue weighted by Gasteiger charge is 2.43.